The van der Waals surface area contributed by atoms with E-state index in [0.717, 1.165) is 15.3 Å². The third-order valence-electron chi connectivity index (χ3n) is 4.39. The zero-order chi connectivity index (χ0) is 19.1. The lowest BCUT2D eigenvalue weighted by molar-refractivity contribution is 0.0994. The van der Waals surface area contributed by atoms with Crippen LogP contribution in [0.3, 0.4) is 0 Å². The van der Waals surface area contributed by atoms with Gasteiger partial charge in [0, 0.05) is 34.8 Å². The van der Waals surface area contributed by atoms with Gasteiger partial charge in [-0.05, 0) is 49.1 Å². The molecule has 1 aliphatic carbocycles. The van der Waals surface area contributed by atoms with E-state index in [1.54, 1.807) is 17.4 Å². The van der Waals surface area contributed by atoms with Crippen molar-refractivity contribution in [3.05, 3.63) is 50.2 Å². The van der Waals surface area contributed by atoms with Crippen LogP contribution in [0.5, 0.6) is 0 Å². The number of carbonyl (C=O) groups is 1. The van der Waals surface area contributed by atoms with E-state index in [1.165, 1.54) is 10.4 Å². The molecule has 0 saturated heterocycles. The van der Waals surface area contributed by atoms with E-state index in [0.29, 0.717) is 31.5 Å². The first-order valence-corrected chi connectivity index (χ1v) is 11.2. The number of benzene rings is 1. The van der Waals surface area contributed by atoms with Crippen molar-refractivity contribution in [2.24, 2.45) is 5.92 Å². The highest BCUT2D eigenvalue weighted by molar-refractivity contribution is 7.89. The first kappa shape index (κ1) is 19.5. The zero-order valence-corrected chi connectivity index (χ0v) is 17.5. The Balaban J connectivity index is 2.02. The Morgan fingerprint density at radius 1 is 1.23 bits per heavy atom. The molecule has 0 aliphatic heterocycles. The SMILES string of the molecule is Cc1ccc(CN(CC(C)C)S(=O)(=O)c2cc3c(cc2Cl)CCC3=O)s1. The molecule has 4 nitrogen and oxygen atoms in total. The number of fused-ring (bicyclic) bond motifs is 1. The van der Waals surface area contributed by atoms with Crippen molar-refractivity contribution < 1.29 is 13.2 Å². The minimum atomic E-state index is -3.80. The van der Waals surface area contributed by atoms with E-state index in [1.807, 2.05) is 32.9 Å². The second kappa shape index (κ2) is 7.43. The van der Waals surface area contributed by atoms with Gasteiger partial charge >= 0.3 is 0 Å². The number of hydrogen-bond donors (Lipinski definition) is 0. The Morgan fingerprint density at radius 2 is 1.96 bits per heavy atom. The Morgan fingerprint density at radius 3 is 2.58 bits per heavy atom. The van der Waals surface area contributed by atoms with Crippen molar-refractivity contribution >= 4 is 38.7 Å². The highest BCUT2D eigenvalue weighted by Crippen LogP contribution is 2.33. The normalized spacial score (nSPS) is 14.5. The molecule has 1 aliphatic rings. The van der Waals surface area contributed by atoms with Gasteiger partial charge in [0.1, 0.15) is 4.90 Å². The Kier molecular flexibility index (Phi) is 5.58. The molecule has 0 radical (unpaired) electrons. The van der Waals surface area contributed by atoms with Gasteiger partial charge in [-0.2, -0.15) is 4.31 Å². The molecule has 0 bridgehead atoms. The summed E-state index contributed by atoms with van der Waals surface area (Å²) in [5.74, 6) is 0.151. The molecule has 1 aromatic carbocycles. The quantitative estimate of drug-likeness (QED) is 0.693. The fourth-order valence-electron chi connectivity index (χ4n) is 3.18. The average molecular weight is 412 g/mol. The number of Topliss-reactive ketones (excluding diaryl/α,β-unsaturated/α-hetero) is 1. The lowest BCUT2D eigenvalue weighted by atomic mass is 10.1. The van der Waals surface area contributed by atoms with Crippen LogP contribution in [0.25, 0.3) is 0 Å². The van der Waals surface area contributed by atoms with Crippen LogP contribution in [-0.2, 0) is 23.0 Å². The van der Waals surface area contributed by atoms with Crippen LogP contribution in [0.15, 0.2) is 29.2 Å². The molecule has 0 saturated carbocycles. The second-order valence-electron chi connectivity index (χ2n) is 7.07. The second-order valence-corrected chi connectivity index (χ2v) is 10.8. The van der Waals surface area contributed by atoms with Crippen LogP contribution in [0, 0.1) is 12.8 Å². The molecule has 0 fully saturated rings. The number of halogens is 1. The molecule has 3 rings (SSSR count). The highest BCUT2D eigenvalue weighted by Gasteiger charge is 2.31. The molecule has 2 aromatic rings. The third-order valence-corrected chi connectivity index (χ3v) is 7.66. The Labute approximate surface area is 163 Å². The molecule has 0 spiro atoms. The number of nitrogens with zero attached hydrogens (tertiary/aromatic N) is 1. The maximum absolute atomic E-state index is 13.3. The van der Waals surface area contributed by atoms with E-state index in [2.05, 4.69) is 0 Å². The van der Waals surface area contributed by atoms with Crippen LogP contribution in [-0.4, -0.2) is 25.1 Å². The van der Waals surface area contributed by atoms with Crippen molar-refractivity contribution in [2.45, 2.75) is 45.1 Å². The summed E-state index contributed by atoms with van der Waals surface area (Å²) >= 11 is 7.90. The molecule has 0 amide bonds. The molecule has 7 heteroatoms. The van der Waals surface area contributed by atoms with Crippen molar-refractivity contribution in [1.29, 1.82) is 0 Å². The van der Waals surface area contributed by atoms with E-state index in [4.69, 9.17) is 11.6 Å². The van der Waals surface area contributed by atoms with Gasteiger partial charge in [0.25, 0.3) is 0 Å². The minimum Gasteiger partial charge on any atom is -0.294 e. The maximum Gasteiger partial charge on any atom is 0.244 e. The maximum atomic E-state index is 13.3. The topological polar surface area (TPSA) is 54.5 Å². The fourth-order valence-corrected chi connectivity index (χ4v) is 6.30. The molecular weight excluding hydrogens is 390 g/mol. The number of ketones is 1. The van der Waals surface area contributed by atoms with Gasteiger partial charge in [0.15, 0.2) is 5.78 Å². The zero-order valence-electron chi connectivity index (χ0n) is 15.1. The number of carbonyl (C=O) groups excluding carboxylic acids is 1. The van der Waals surface area contributed by atoms with Gasteiger partial charge < -0.3 is 0 Å². The van der Waals surface area contributed by atoms with E-state index < -0.39 is 10.0 Å². The van der Waals surface area contributed by atoms with Gasteiger partial charge in [-0.3, -0.25) is 4.79 Å². The first-order valence-electron chi connectivity index (χ1n) is 8.59. The summed E-state index contributed by atoms with van der Waals surface area (Å²) in [7, 11) is -3.80. The van der Waals surface area contributed by atoms with Crippen molar-refractivity contribution in [2.75, 3.05) is 6.54 Å². The van der Waals surface area contributed by atoms with Gasteiger partial charge in [0.05, 0.1) is 5.02 Å². The highest BCUT2D eigenvalue weighted by atomic mass is 35.5. The van der Waals surface area contributed by atoms with Crippen LogP contribution >= 0.6 is 22.9 Å². The van der Waals surface area contributed by atoms with Gasteiger partial charge in [-0.25, -0.2) is 8.42 Å². The summed E-state index contributed by atoms with van der Waals surface area (Å²) in [6, 6.07) is 7.05. The number of aryl methyl sites for hydroxylation is 2. The summed E-state index contributed by atoms with van der Waals surface area (Å²) in [5, 5.41) is 0.189. The number of thiophene rings is 1. The van der Waals surface area contributed by atoms with Gasteiger partial charge in [-0.15, -0.1) is 11.3 Å². The standard InChI is InChI=1S/C19H22ClNO3S2/c1-12(2)10-21(11-15-6-4-13(3)25-15)26(23,24)19-9-16-14(8-17(19)20)5-7-18(16)22/h4,6,8-9,12H,5,7,10-11H2,1-3H3. The predicted octanol–water partition coefficient (Wildman–Crippen LogP) is 4.69. The van der Waals surface area contributed by atoms with E-state index >= 15 is 0 Å². The average Bonchev–Trinajstić information content (AvgIpc) is 3.11. The monoisotopic (exact) mass is 411 g/mol. The summed E-state index contributed by atoms with van der Waals surface area (Å²) in [6.45, 7) is 6.66. The van der Waals surface area contributed by atoms with Gasteiger partial charge in [0.2, 0.25) is 10.0 Å². The van der Waals surface area contributed by atoms with Crippen LogP contribution < -0.4 is 0 Å². The lowest BCUT2D eigenvalue weighted by Crippen LogP contribution is -2.33. The predicted molar refractivity (Wildman–Crippen MR) is 106 cm³/mol. The summed E-state index contributed by atoms with van der Waals surface area (Å²) in [5.41, 5.74) is 1.33. The molecule has 26 heavy (non-hydrogen) atoms. The number of rotatable bonds is 6. The summed E-state index contributed by atoms with van der Waals surface area (Å²) in [4.78, 5) is 14.2. The van der Waals surface area contributed by atoms with Crippen LogP contribution in [0.1, 0.15) is 45.9 Å². The van der Waals surface area contributed by atoms with Crippen LogP contribution in [0.4, 0.5) is 0 Å². The largest absolute Gasteiger partial charge is 0.294 e. The molecule has 0 unspecified atom stereocenters. The number of sulfonamides is 1. The van der Waals surface area contributed by atoms with Gasteiger partial charge in [-0.1, -0.05) is 25.4 Å². The Hall–Kier alpha value is -1.21. The molecule has 140 valence electrons. The smallest absolute Gasteiger partial charge is 0.244 e. The molecule has 1 aromatic heterocycles. The van der Waals surface area contributed by atoms with E-state index in [-0.39, 0.29) is 21.6 Å². The molecule has 0 atom stereocenters. The summed E-state index contributed by atoms with van der Waals surface area (Å²) < 4.78 is 28.2. The number of hydrogen-bond acceptors (Lipinski definition) is 4. The molecule has 0 N–H and O–H groups in total. The third kappa shape index (κ3) is 3.88. The molecular formula is C19H22ClNO3S2. The lowest BCUT2D eigenvalue weighted by Gasteiger charge is -2.24. The van der Waals surface area contributed by atoms with Crippen molar-refractivity contribution in [3.63, 3.8) is 0 Å². The summed E-state index contributed by atoms with van der Waals surface area (Å²) in [6.07, 6.45) is 1.04. The molecule has 1 heterocycles. The van der Waals surface area contributed by atoms with Crippen molar-refractivity contribution in [1.82, 2.24) is 4.31 Å². The van der Waals surface area contributed by atoms with Crippen LogP contribution in [0.2, 0.25) is 5.02 Å². The minimum absolute atomic E-state index is 0.0163. The Bertz CT molecular complexity index is 948. The van der Waals surface area contributed by atoms with E-state index in [9.17, 15) is 13.2 Å². The fraction of sp³-hybridized carbons (Fsp3) is 0.421. The first-order chi connectivity index (χ1) is 12.2. The van der Waals surface area contributed by atoms with Crippen molar-refractivity contribution in [3.8, 4) is 0 Å².